The van der Waals surface area contributed by atoms with E-state index in [-0.39, 0.29) is 5.91 Å². The summed E-state index contributed by atoms with van der Waals surface area (Å²) in [5.41, 5.74) is 6.11. The Morgan fingerprint density at radius 1 is 1.05 bits per heavy atom. The summed E-state index contributed by atoms with van der Waals surface area (Å²) in [6.07, 6.45) is 4.57. The summed E-state index contributed by atoms with van der Waals surface area (Å²) in [5, 5.41) is 2.91. The molecule has 1 N–H and O–H groups in total. The molecule has 1 aliphatic carbocycles. The number of amides is 1. The molecule has 1 aliphatic rings. The molecule has 0 aromatic heterocycles. The highest BCUT2D eigenvalue weighted by Crippen LogP contribution is 2.36. The lowest BCUT2D eigenvalue weighted by Crippen LogP contribution is -2.09. The summed E-state index contributed by atoms with van der Waals surface area (Å²) < 4.78 is 0. The highest BCUT2D eigenvalue weighted by atomic mass is 16.1. The SMILES string of the molecule is C=CC(=O)Nc1ccc(-c2ccccc2)c2c1CCC2.CC. The maximum absolute atomic E-state index is 11.5. The van der Waals surface area contributed by atoms with Gasteiger partial charge in [-0.25, -0.2) is 0 Å². The van der Waals surface area contributed by atoms with E-state index in [1.165, 1.54) is 28.3 Å². The number of nitrogens with one attached hydrogen (secondary N) is 1. The minimum absolute atomic E-state index is 0.147. The number of hydrogen-bond donors (Lipinski definition) is 1. The average Bonchev–Trinajstić information content (AvgIpc) is 3.07. The van der Waals surface area contributed by atoms with Crippen LogP contribution in [-0.2, 0) is 17.6 Å². The lowest BCUT2D eigenvalue weighted by atomic mass is 9.96. The number of carbonyl (C=O) groups excluding carboxylic acids is 1. The van der Waals surface area contributed by atoms with E-state index in [1.807, 2.05) is 26.0 Å². The van der Waals surface area contributed by atoms with Crippen LogP contribution in [0.5, 0.6) is 0 Å². The zero-order chi connectivity index (χ0) is 15.9. The van der Waals surface area contributed by atoms with Gasteiger partial charge in [-0.1, -0.05) is 56.8 Å². The van der Waals surface area contributed by atoms with Gasteiger partial charge in [0.1, 0.15) is 0 Å². The van der Waals surface area contributed by atoms with E-state index >= 15 is 0 Å². The van der Waals surface area contributed by atoms with Gasteiger partial charge in [-0.3, -0.25) is 4.79 Å². The summed E-state index contributed by atoms with van der Waals surface area (Å²) in [5.74, 6) is -0.147. The van der Waals surface area contributed by atoms with E-state index in [9.17, 15) is 4.79 Å². The molecular weight excluding hydrogens is 270 g/mol. The van der Waals surface area contributed by atoms with Crippen molar-refractivity contribution >= 4 is 11.6 Å². The molecule has 0 heterocycles. The molecule has 0 spiro atoms. The molecular formula is C20H23NO. The quantitative estimate of drug-likeness (QED) is 0.793. The van der Waals surface area contributed by atoms with Crippen LogP contribution in [0.1, 0.15) is 31.4 Å². The molecule has 2 aromatic rings. The maximum Gasteiger partial charge on any atom is 0.247 e. The Kier molecular flexibility index (Phi) is 5.54. The standard InChI is InChI=1S/C18H17NO.C2H6/c1-2-18(20)19-17-12-11-14(13-7-4-3-5-8-13)15-9-6-10-16(15)17;1-2/h2-5,7-8,11-12H,1,6,9-10H2,(H,19,20);1-2H3. The van der Waals surface area contributed by atoms with Gasteiger partial charge in [-0.15, -0.1) is 0 Å². The van der Waals surface area contributed by atoms with Gasteiger partial charge in [0.2, 0.25) is 5.91 Å². The smallest absolute Gasteiger partial charge is 0.247 e. The molecule has 0 atom stereocenters. The van der Waals surface area contributed by atoms with Crippen LogP contribution in [0.4, 0.5) is 5.69 Å². The fourth-order valence-electron chi connectivity index (χ4n) is 2.90. The first-order chi connectivity index (χ1) is 10.8. The second-order valence-corrected chi connectivity index (χ2v) is 5.03. The van der Waals surface area contributed by atoms with Crippen LogP contribution in [0.25, 0.3) is 11.1 Å². The molecule has 0 fully saturated rings. The molecule has 1 amide bonds. The van der Waals surface area contributed by atoms with E-state index in [2.05, 4.69) is 42.2 Å². The topological polar surface area (TPSA) is 29.1 Å². The van der Waals surface area contributed by atoms with Crippen LogP contribution in [0.2, 0.25) is 0 Å². The van der Waals surface area contributed by atoms with E-state index in [4.69, 9.17) is 0 Å². The van der Waals surface area contributed by atoms with Crippen LogP contribution in [0.15, 0.2) is 55.1 Å². The average molecular weight is 293 g/mol. The Morgan fingerprint density at radius 3 is 2.41 bits per heavy atom. The van der Waals surface area contributed by atoms with Crippen molar-refractivity contribution in [3.8, 4) is 11.1 Å². The van der Waals surface area contributed by atoms with Crippen molar-refractivity contribution in [2.24, 2.45) is 0 Å². The van der Waals surface area contributed by atoms with E-state index in [1.54, 1.807) is 0 Å². The fraction of sp³-hybridized carbons (Fsp3) is 0.250. The maximum atomic E-state index is 11.5. The Bertz CT molecular complexity index is 659. The van der Waals surface area contributed by atoms with Gasteiger partial charge in [-0.05, 0) is 53.7 Å². The van der Waals surface area contributed by atoms with Crippen molar-refractivity contribution < 1.29 is 4.79 Å². The number of hydrogen-bond acceptors (Lipinski definition) is 1. The second kappa shape index (κ2) is 7.60. The predicted octanol–water partition coefficient (Wildman–Crippen LogP) is 4.99. The van der Waals surface area contributed by atoms with Crippen molar-refractivity contribution in [3.63, 3.8) is 0 Å². The molecule has 0 saturated carbocycles. The predicted molar refractivity (Wildman–Crippen MR) is 94.1 cm³/mol. The van der Waals surface area contributed by atoms with E-state index in [0.717, 1.165) is 24.9 Å². The Morgan fingerprint density at radius 2 is 1.73 bits per heavy atom. The summed E-state index contributed by atoms with van der Waals surface area (Å²) in [6, 6.07) is 14.5. The number of rotatable bonds is 3. The fourth-order valence-corrected chi connectivity index (χ4v) is 2.90. The summed E-state index contributed by atoms with van der Waals surface area (Å²) in [6.45, 7) is 7.50. The van der Waals surface area contributed by atoms with Crippen LogP contribution >= 0.6 is 0 Å². The minimum Gasteiger partial charge on any atom is -0.322 e. The molecule has 114 valence electrons. The van der Waals surface area contributed by atoms with Crippen molar-refractivity contribution in [1.29, 1.82) is 0 Å². The normalized spacial score (nSPS) is 11.9. The molecule has 2 heteroatoms. The first-order valence-electron chi connectivity index (χ1n) is 7.93. The molecule has 22 heavy (non-hydrogen) atoms. The van der Waals surface area contributed by atoms with E-state index in [0.29, 0.717) is 0 Å². The van der Waals surface area contributed by atoms with E-state index < -0.39 is 0 Å². The van der Waals surface area contributed by atoms with Crippen molar-refractivity contribution in [1.82, 2.24) is 0 Å². The number of carbonyl (C=O) groups is 1. The Labute approximate surface area is 132 Å². The van der Waals surface area contributed by atoms with Gasteiger partial charge in [0.05, 0.1) is 0 Å². The van der Waals surface area contributed by atoms with Crippen LogP contribution in [0, 0.1) is 0 Å². The molecule has 2 nitrogen and oxygen atoms in total. The molecule has 0 saturated heterocycles. The van der Waals surface area contributed by atoms with Gasteiger partial charge in [0, 0.05) is 5.69 Å². The third-order valence-electron chi connectivity index (χ3n) is 3.81. The molecule has 2 aromatic carbocycles. The third-order valence-corrected chi connectivity index (χ3v) is 3.81. The monoisotopic (exact) mass is 293 g/mol. The number of benzene rings is 2. The third kappa shape index (κ3) is 3.28. The summed E-state index contributed by atoms with van der Waals surface area (Å²) >= 11 is 0. The lowest BCUT2D eigenvalue weighted by Gasteiger charge is -2.13. The minimum atomic E-state index is -0.147. The zero-order valence-corrected chi connectivity index (χ0v) is 13.4. The largest absolute Gasteiger partial charge is 0.322 e. The summed E-state index contributed by atoms with van der Waals surface area (Å²) in [7, 11) is 0. The number of fused-ring (bicyclic) bond motifs is 1. The molecule has 3 rings (SSSR count). The van der Waals surface area contributed by atoms with Gasteiger partial charge >= 0.3 is 0 Å². The van der Waals surface area contributed by atoms with Crippen LogP contribution in [-0.4, -0.2) is 5.91 Å². The zero-order valence-electron chi connectivity index (χ0n) is 13.4. The molecule has 0 aliphatic heterocycles. The molecule has 0 bridgehead atoms. The Balaban J connectivity index is 0.000000847. The van der Waals surface area contributed by atoms with Gasteiger partial charge < -0.3 is 5.32 Å². The lowest BCUT2D eigenvalue weighted by molar-refractivity contribution is -0.111. The van der Waals surface area contributed by atoms with Gasteiger partial charge in [-0.2, -0.15) is 0 Å². The highest BCUT2D eigenvalue weighted by Gasteiger charge is 2.19. The molecule has 0 unspecified atom stereocenters. The van der Waals surface area contributed by atoms with Crippen molar-refractivity contribution in [2.75, 3.05) is 5.32 Å². The van der Waals surface area contributed by atoms with Crippen molar-refractivity contribution in [2.45, 2.75) is 33.1 Å². The number of anilines is 1. The second-order valence-electron chi connectivity index (χ2n) is 5.03. The summed E-state index contributed by atoms with van der Waals surface area (Å²) in [4.78, 5) is 11.5. The van der Waals surface area contributed by atoms with Crippen molar-refractivity contribution in [3.05, 3.63) is 66.2 Å². The van der Waals surface area contributed by atoms with Crippen LogP contribution < -0.4 is 5.32 Å². The first kappa shape index (κ1) is 16.0. The van der Waals surface area contributed by atoms with Gasteiger partial charge in [0.25, 0.3) is 0 Å². The molecule has 0 radical (unpaired) electrons. The van der Waals surface area contributed by atoms with Gasteiger partial charge in [0.15, 0.2) is 0 Å². The van der Waals surface area contributed by atoms with Crippen LogP contribution in [0.3, 0.4) is 0 Å². The Hall–Kier alpha value is -2.35. The first-order valence-corrected chi connectivity index (χ1v) is 7.93. The highest BCUT2D eigenvalue weighted by molar-refractivity contribution is 6.00.